The van der Waals surface area contributed by atoms with Crippen LogP contribution in [0.2, 0.25) is 0 Å². The number of nitrogens with zero attached hydrogens (tertiary/aromatic N) is 2. The van der Waals surface area contributed by atoms with Crippen molar-refractivity contribution in [2.24, 2.45) is 0 Å². The molecule has 0 radical (unpaired) electrons. The van der Waals surface area contributed by atoms with Gasteiger partial charge in [-0.3, -0.25) is 4.79 Å². The summed E-state index contributed by atoms with van der Waals surface area (Å²) in [6, 6.07) is 9.91. The van der Waals surface area contributed by atoms with Crippen LogP contribution in [0.3, 0.4) is 0 Å². The summed E-state index contributed by atoms with van der Waals surface area (Å²) in [7, 11) is -0.559. The molecule has 142 valence electrons. The minimum Gasteiger partial charge on any atom is -0.356 e. The molecule has 0 aliphatic carbocycles. The SMILES string of the molecule is Cc1cc2onc(CC(=O)Nc3ccc(S(=O)(=O)N(C)C)cc3)c2cc1C. The van der Waals surface area contributed by atoms with Gasteiger partial charge in [0, 0.05) is 25.2 Å². The smallest absolute Gasteiger partial charge is 0.242 e. The number of hydrogen-bond acceptors (Lipinski definition) is 5. The summed E-state index contributed by atoms with van der Waals surface area (Å²) >= 11 is 0. The molecule has 0 aliphatic heterocycles. The maximum Gasteiger partial charge on any atom is 0.242 e. The first-order valence-electron chi connectivity index (χ1n) is 8.36. The summed E-state index contributed by atoms with van der Waals surface area (Å²) in [4.78, 5) is 12.5. The van der Waals surface area contributed by atoms with E-state index in [1.165, 1.54) is 26.2 Å². The van der Waals surface area contributed by atoms with Crippen LogP contribution in [0, 0.1) is 13.8 Å². The number of anilines is 1. The normalized spacial score (nSPS) is 11.9. The Morgan fingerprint density at radius 2 is 1.74 bits per heavy atom. The van der Waals surface area contributed by atoms with Gasteiger partial charge >= 0.3 is 0 Å². The number of rotatable bonds is 5. The highest BCUT2D eigenvalue weighted by Gasteiger charge is 2.17. The molecule has 0 bridgehead atoms. The monoisotopic (exact) mass is 387 g/mol. The quantitative estimate of drug-likeness (QED) is 0.727. The third-order valence-electron chi connectivity index (χ3n) is 4.41. The molecule has 1 N–H and O–H groups in total. The van der Waals surface area contributed by atoms with Gasteiger partial charge in [-0.1, -0.05) is 5.16 Å². The van der Waals surface area contributed by atoms with E-state index in [1.807, 2.05) is 26.0 Å². The van der Waals surface area contributed by atoms with Crippen molar-refractivity contribution in [3.05, 3.63) is 53.2 Å². The van der Waals surface area contributed by atoms with Gasteiger partial charge in [-0.25, -0.2) is 12.7 Å². The maximum atomic E-state index is 12.3. The summed E-state index contributed by atoms with van der Waals surface area (Å²) in [6.45, 7) is 3.98. The van der Waals surface area contributed by atoms with Crippen molar-refractivity contribution in [2.75, 3.05) is 19.4 Å². The lowest BCUT2D eigenvalue weighted by atomic mass is 10.1. The number of nitrogens with one attached hydrogen (secondary N) is 1. The Morgan fingerprint density at radius 1 is 1.11 bits per heavy atom. The zero-order chi connectivity index (χ0) is 19.8. The fraction of sp³-hybridized carbons (Fsp3) is 0.263. The molecule has 0 atom stereocenters. The van der Waals surface area contributed by atoms with Gasteiger partial charge in [0.05, 0.1) is 11.3 Å². The maximum absolute atomic E-state index is 12.3. The third-order valence-corrected chi connectivity index (χ3v) is 6.23. The van der Waals surface area contributed by atoms with Crippen LogP contribution in [-0.2, 0) is 21.2 Å². The van der Waals surface area contributed by atoms with Crippen molar-refractivity contribution in [1.29, 1.82) is 0 Å². The Labute approximate surface area is 158 Å². The number of carbonyl (C=O) groups is 1. The zero-order valence-electron chi connectivity index (χ0n) is 15.6. The molecule has 0 unspecified atom stereocenters. The minimum absolute atomic E-state index is 0.0627. The van der Waals surface area contributed by atoms with E-state index >= 15 is 0 Å². The number of amides is 1. The average molecular weight is 387 g/mol. The van der Waals surface area contributed by atoms with Crippen LogP contribution in [0.4, 0.5) is 5.69 Å². The summed E-state index contributed by atoms with van der Waals surface area (Å²) < 4.78 is 30.6. The van der Waals surface area contributed by atoms with E-state index in [-0.39, 0.29) is 17.2 Å². The molecule has 3 rings (SSSR count). The minimum atomic E-state index is -3.50. The Balaban J connectivity index is 1.74. The zero-order valence-corrected chi connectivity index (χ0v) is 16.4. The van der Waals surface area contributed by atoms with Gasteiger partial charge < -0.3 is 9.84 Å². The van der Waals surface area contributed by atoms with Crippen LogP contribution in [0.1, 0.15) is 16.8 Å². The van der Waals surface area contributed by atoms with E-state index in [0.717, 1.165) is 20.8 Å². The van der Waals surface area contributed by atoms with E-state index in [0.29, 0.717) is 17.0 Å². The first-order valence-corrected chi connectivity index (χ1v) is 9.80. The molecular formula is C19H21N3O4S. The first-order chi connectivity index (χ1) is 12.7. The van der Waals surface area contributed by atoms with Gasteiger partial charge in [0.15, 0.2) is 5.58 Å². The predicted molar refractivity (Wildman–Crippen MR) is 103 cm³/mol. The molecule has 0 spiro atoms. The number of sulfonamides is 1. The van der Waals surface area contributed by atoms with Gasteiger partial charge in [-0.15, -0.1) is 0 Å². The van der Waals surface area contributed by atoms with Crippen molar-refractivity contribution < 1.29 is 17.7 Å². The Kier molecular flexibility index (Phi) is 5.03. The Morgan fingerprint density at radius 3 is 2.37 bits per heavy atom. The van der Waals surface area contributed by atoms with Crippen LogP contribution in [-0.4, -0.2) is 37.9 Å². The number of hydrogen-bond donors (Lipinski definition) is 1. The number of fused-ring (bicyclic) bond motifs is 1. The van der Waals surface area contributed by atoms with Crippen molar-refractivity contribution in [2.45, 2.75) is 25.2 Å². The lowest BCUT2D eigenvalue weighted by Gasteiger charge is -2.11. The molecular weight excluding hydrogens is 366 g/mol. The van der Waals surface area contributed by atoms with E-state index in [1.54, 1.807) is 12.1 Å². The molecule has 1 amide bonds. The van der Waals surface area contributed by atoms with Crippen LogP contribution in [0.5, 0.6) is 0 Å². The van der Waals surface area contributed by atoms with Crippen molar-refractivity contribution >= 4 is 32.6 Å². The van der Waals surface area contributed by atoms with Gasteiger partial charge in [0.2, 0.25) is 15.9 Å². The van der Waals surface area contributed by atoms with Gasteiger partial charge in [-0.2, -0.15) is 0 Å². The fourth-order valence-electron chi connectivity index (χ4n) is 2.65. The Bertz CT molecular complexity index is 1100. The second kappa shape index (κ2) is 7.13. The van der Waals surface area contributed by atoms with E-state index < -0.39 is 10.0 Å². The topological polar surface area (TPSA) is 92.5 Å². The number of benzene rings is 2. The van der Waals surface area contributed by atoms with Crippen LogP contribution in [0.15, 0.2) is 45.8 Å². The van der Waals surface area contributed by atoms with Crippen LogP contribution in [0.25, 0.3) is 11.0 Å². The third kappa shape index (κ3) is 3.86. The van der Waals surface area contributed by atoms with E-state index in [9.17, 15) is 13.2 Å². The number of aryl methyl sites for hydroxylation is 2. The molecule has 27 heavy (non-hydrogen) atoms. The second-order valence-corrected chi connectivity index (χ2v) is 8.75. The van der Waals surface area contributed by atoms with Crippen LogP contribution < -0.4 is 5.32 Å². The van der Waals surface area contributed by atoms with Crippen molar-refractivity contribution in [3.63, 3.8) is 0 Å². The molecule has 1 heterocycles. The summed E-state index contributed by atoms with van der Waals surface area (Å²) in [6.07, 6.45) is 0.0627. The Hall–Kier alpha value is -2.71. The highest BCUT2D eigenvalue weighted by molar-refractivity contribution is 7.89. The highest BCUT2D eigenvalue weighted by atomic mass is 32.2. The van der Waals surface area contributed by atoms with Crippen molar-refractivity contribution in [1.82, 2.24) is 9.46 Å². The van der Waals surface area contributed by atoms with Crippen LogP contribution >= 0.6 is 0 Å². The molecule has 7 nitrogen and oxygen atoms in total. The summed E-state index contributed by atoms with van der Waals surface area (Å²) in [5.41, 5.74) is 3.93. The standard InChI is InChI=1S/C19H21N3O4S/c1-12-9-16-17(21-26-18(16)10-13(12)2)11-19(23)20-14-5-7-15(8-6-14)27(24,25)22(3)4/h5-10H,11H2,1-4H3,(H,20,23). The molecule has 8 heteroatoms. The molecule has 0 fully saturated rings. The molecule has 0 saturated carbocycles. The number of carbonyl (C=O) groups excluding carboxylic acids is 1. The first kappa shape index (κ1) is 19.1. The molecule has 0 aliphatic rings. The summed E-state index contributed by atoms with van der Waals surface area (Å²) in [5, 5.41) is 7.57. The van der Waals surface area contributed by atoms with Gasteiger partial charge in [0.25, 0.3) is 0 Å². The van der Waals surface area contributed by atoms with Crippen molar-refractivity contribution in [3.8, 4) is 0 Å². The lowest BCUT2D eigenvalue weighted by molar-refractivity contribution is -0.115. The largest absolute Gasteiger partial charge is 0.356 e. The second-order valence-electron chi connectivity index (χ2n) is 6.60. The highest BCUT2D eigenvalue weighted by Crippen LogP contribution is 2.23. The molecule has 1 aromatic heterocycles. The molecule has 2 aromatic carbocycles. The summed E-state index contributed by atoms with van der Waals surface area (Å²) in [5.74, 6) is -0.258. The average Bonchev–Trinajstić information content (AvgIpc) is 2.97. The van der Waals surface area contributed by atoms with E-state index in [4.69, 9.17) is 4.52 Å². The van der Waals surface area contributed by atoms with Gasteiger partial charge in [0.1, 0.15) is 5.69 Å². The fourth-order valence-corrected chi connectivity index (χ4v) is 3.55. The lowest BCUT2D eigenvalue weighted by Crippen LogP contribution is -2.22. The molecule has 3 aromatic rings. The van der Waals surface area contributed by atoms with Gasteiger partial charge in [-0.05, 0) is 61.4 Å². The van der Waals surface area contributed by atoms with E-state index in [2.05, 4.69) is 10.5 Å². The predicted octanol–water partition coefficient (Wildman–Crippen LogP) is 2.88. The molecule has 0 saturated heterocycles. The number of aromatic nitrogens is 1.